The molecule has 1 atom stereocenters. The Bertz CT molecular complexity index is 1970. The third-order valence-corrected chi connectivity index (χ3v) is 7.96. The van der Waals surface area contributed by atoms with Crippen molar-refractivity contribution in [2.45, 2.75) is 32.9 Å². The van der Waals surface area contributed by atoms with Crippen LogP contribution in [-0.4, -0.2) is 43.8 Å². The first-order valence-electron chi connectivity index (χ1n) is 13.8. The number of carboxylic acids is 1. The lowest BCUT2D eigenvalue weighted by atomic mass is 9.87. The largest absolute Gasteiger partial charge is 0.478 e. The first kappa shape index (κ1) is 30.5. The number of halogens is 5. The van der Waals surface area contributed by atoms with E-state index in [1.807, 2.05) is 13.8 Å². The van der Waals surface area contributed by atoms with Gasteiger partial charge < -0.3 is 19.1 Å². The summed E-state index contributed by atoms with van der Waals surface area (Å²) in [5, 5.41) is 9.66. The molecular formula is C32H25ClF4N4O4. The minimum absolute atomic E-state index is 0.00850. The highest BCUT2D eigenvalue weighted by Gasteiger charge is 2.39. The number of rotatable bonds is 8. The Kier molecular flexibility index (Phi) is 7.96. The number of aromatic carboxylic acids is 1. The molecule has 0 unspecified atom stereocenters. The second-order valence-electron chi connectivity index (χ2n) is 11.4. The normalized spacial score (nSPS) is 15.9. The third-order valence-electron chi connectivity index (χ3n) is 7.76. The van der Waals surface area contributed by atoms with E-state index in [4.69, 9.17) is 21.1 Å². The lowest BCUT2D eigenvalue weighted by Crippen LogP contribution is -2.27. The predicted molar refractivity (Wildman–Crippen MR) is 156 cm³/mol. The van der Waals surface area contributed by atoms with Crippen LogP contribution in [0.4, 0.5) is 17.6 Å². The van der Waals surface area contributed by atoms with Gasteiger partial charge >= 0.3 is 5.97 Å². The summed E-state index contributed by atoms with van der Waals surface area (Å²) in [6, 6.07) is 9.41. The maximum absolute atomic E-state index is 15.6. The van der Waals surface area contributed by atoms with Gasteiger partial charge in [-0.1, -0.05) is 31.5 Å². The topological polar surface area (TPSA) is 99.4 Å². The number of fused-ring (bicyclic) bond motifs is 1. The van der Waals surface area contributed by atoms with E-state index < -0.39 is 34.7 Å². The number of hydrogen-bond acceptors (Lipinski definition) is 6. The Morgan fingerprint density at radius 1 is 1.07 bits per heavy atom. The van der Waals surface area contributed by atoms with Crippen molar-refractivity contribution in [3.8, 4) is 17.1 Å². The van der Waals surface area contributed by atoms with Crippen LogP contribution in [0.2, 0.25) is 5.02 Å². The zero-order valence-corrected chi connectivity index (χ0v) is 24.7. The van der Waals surface area contributed by atoms with Gasteiger partial charge in [0.15, 0.2) is 5.82 Å². The predicted octanol–water partition coefficient (Wildman–Crippen LogP) is 7.17. The fourth-order valence-corrected chi connectivity index (χ4v) is 5.55. The van der Waals surface area contributed by atoms with Gasteiger partial charge in [0.25, 0.3) is 0 Å². The van der Waals surface area contributed by atoms with Crippen LogP contribution < -0.4 is 4.74 Å². The molecule has 4 heterocycles. The number of hydrogen-bond donors (Lipinski definition) is 1. The summed E-state index contributed by atoms with van der Waals surface area (Å²) in [5.74, 6) is -4.11. The summed E-state index contributed by atoms with van der Waals surface area (Å²) < 4.78 is 73.2. The van der Waals surface area contributed by atoms with E-state index in [0.717, 1.165) is 24.3 Å². The van der Waals surface area contributed by atoms with Crippen molar-refractivity contribution in [1.82, 2.24) is 19.5 Å². The molecule has 6 rings (SSSR count). The Balaban J connectivity index is 1.33. The van der Waals surface area contributed by atoms with Crippen LogP contribution in [0.3, 0.4) is 0 Å². The molecule has 8 nitrogen and oxygen atoms in total. The van der Waals surface area contributed by atoms with E-state index in [1.165, 1.54) is 30.5 Å². The second kappa shape index (κ2) is 11.8. The molecule has 1 fully saturated rings. The van der Waals surface area contributed by atoms with Crippen LogP contribution in [0.5, 0.6) is 5.88 Å². The molecule has 0 bridgehead atoms. The molecular weight excluding hydrogens is 616 g/mol. The van der Waals surface area contributed by atoms with Gasteiger partial charge in [-0.2, -0.15) is 0 Å². The van der Waals surface area contributed by atoms with E-state index in [2.05, 4.69) is 15.0 Å². The first-order valence-corrected chi connectivity index (χ1v) is 14.2. The summed E-state index contributed by atoms with van der Waals surface area (Å²) in [6.07, 6.45) is 1.05. The summed E-state index contributed by atoms with van der Waals surface area (Å²) in [5.41, 5.74) is -0.707. The van der Waals surface area contributed by atoms with Crippen LogP contribution in [0.1, 0.15) is 47.3 Å². The molecule has 0 spiro atoms. The number of carboxylic acid groups (broad SMARTS) is 1. The summed E-state index contributed by atoms with van der Waals surface area (Å²) >= 11 is 5.73. The highest BCUT2D eigenvalue weighted by molar-refractivity contribution is 6.30. The lowest BCUT2D eigenvalue weighted by molar-refractivity contribution is 0.0696. The van der Waals surface area contributed by atoms with Crippen molar-refractivity contribution in [2.75, 3.05) is 13.2 Å². The number of ether oxygens (including phenoxy) is 2. The van der Waals surface area contributed by atoms with Gasteiger partial charge in [-0.25, -0.2) is 32.3 Å². The Morgan fingerprint density at radius 2 is 1.87 bits per heavy atom. The Morgan fingerprint density at radius 3 is 2.58 bits per heavy atom. The van der Waals surface area contributed by atoms with Gasteiger partial charge in [0.1, 0.15) is 41.1 Å². The van der Waals surface area contributed by atoms with Crippen molar-refractivity contribution in [2.24, 2.45) is 5.41 Å². The first-order chi connectivity index (χ1) is 21.4. The van der Waals surface area contributed by atoms with Crippen LogP contribution >= 0.6 is 11.6 Å². The summed E-state index contributed by atoms with van der Waals surface area (Å²) in [4.78, 5) is 24.2. The molecule has 232 valence electrons. The van der Waals surface area contributed by atoms with E-state index >= 15 is 13.2 Å². The number of carbonyl (C=O) groups is 1. The molecule has 0 radical (unpaired) electrons. The van der Waals surface area contributed by atoms with Crippen molar-refractivity contribution >= 4 is 28.6 Å². The average molecular weight is 641 g/mol. The highest BCUT2D eigenvalue weighted by atomic mass is 35.5. The minimum atomic E-state index is -1.31. The quantitative estimate of drug-likeness (QED) is 0.180. The monoisotopic (exact) mass is 640 g/mol. The molecule has 1 N–H and O–H groups in total. The molecule has 2 aromatic carbocycles. The van der Waals surface area contributed by atoms with E-state index in [9.17, 15) is 14.3 Å². The molecule has 3 aromatic heterocycles. The molecule has 0 saturated carbocycles. The summed E-state index contributed by atoms with van der Waals surface area (Å²) in [6.45, 7) is 4.25. The van der Waals surface area contributed by atoms with Gasteiger partial charge in [0, 0.05) is 29.7 Å². The second-order valence-corrected chi connectivity index (χ2v) is 11.8. The molecule has 5 aromatic rings. The van der Waals surface area contributed by atoms with Gasteiger partial charge in [0.2, 0.25) is 5.88 Å². The van der Waals surface area contributed by atoms with Crippen LogP contribution in [0, 0.1) is 28.7 Å². The van der Waals surface area contributed by atoms with E-state index in [-0.39, 0.29) is 81.5 Å². The SMILES string of the molecule is CC1(C)COC[C@H]1n1c(Cc2cc(F)c(-c3cccc(OCc4ncc(Cl)cc4F)n3)cc2F)nc2c(F)cc(C(=O)O)cc21. The lowest BCUT2D eigenvalue weighted by Gasteiger charge is -2.28. The zero-order valence-electron chi connectivity index (χ0n) is 24.0. The Labute approximate surface area is 259 Å². The average Bonchev–Trinajstić information content (AvgIpc) is 3.52. The van der Waals surface area contributed by atoms with Crippen LogP contribution in [0.25, 0.3) is 22.3 Å². The van der Waals surface area contributed by atoms with Gasteiger partial charge in [-0.3, -0.25) is 4.98 Å². The minimum Gasteiger partial charge on any atom is -0.478 e. The van der Waals surface area contributed by atoms with Crippen molar-refractivity contribution in [3.63, 3.8) is 0 Å². The zero-order chi connectivity index (χ0) is 32.0. The fraction of sp³-hybridized carbons (Fsp3) is 0.250. The molecule has 0 amide bonds. The van der Waals surface area contributed by atoms with E-state index in [1.54, 1.807) is 4.57 Å². The van der Waals surface area contributed by atoms with Gasteiger partial charge in [-0.05, 0) is 42.0 Å². The van der Waals surface area contributed by atoms with Crippen molar-refractivity contribution < 1.29 is 36.9 Å². The summed E-state index contributed by atoms with van der Waals surface area (Å²) in [7, 11) is 0. The molecule has 13 heteroatoms. The fourth-order valence-electron chi connectivity index (χ4n) is 5.40. The maximum atomic E-state index is 15.6. The molecule has 1 aliphatic heterocycles. The molecule has 1 saturated heterocycles. The van der Waals surface area contributed by atoms with E-state index in [0.29, 0.717) is 6.61 Å². The molecule has 0 aliphatic carbocycles. The van der Waals surface area contributed by atoms with Gasteiger partial charge in [-0.15, -0.1) is 0 Å². The number of nitrogens with zero attached hydrogens (tertiary/aromatic N) is 4. The smallest absolute Gasteiger partial charge is 0.335 e. The number of aromatic nitrogens is 4. The van der Waals surface area contributed by atoms with Crippen LogP contribution in [-0.2, 0) is 17.8 Å². The maximum Gasteiger partial charge on any atom is 0.335 e. The number of benzene rings is 2. The van der Waals surface area contributed by atoms with Crippen LogP contribution in [0.15, 0.2) is 54.7 Å². The van der Waals surface area contributed by atoms with Gasteiger partial charge in [0.05, 0.1) is 41.1 Å². The highest BCUT2D eigenvalue weighted by Crippen LogP contribution is 2.41. The molecule has 1 aliphatic rings. The number of imidazole rings is 1. The van der Waals surface area contributed by atoms with Crippen molar-refractivity contribution in [1.29, 1.82) is 0 Å². The number of pyridine rings is 2. The standard InChI is InChI=1S/C32H25ClF4N4O4/c1-32(2)15-44-14-27(32)41-26-8-17(31(42)43)7-23(37)30(26)40-28(41)9-16-6-21(35)19(11-20(16)34)24-4-3-5-29(39-24)45-13-25-22(36)10-18(33)12-38-25/h3-8,10-12,27H,9,13-15H2,1-2H3,(H,42,43)/t27-/m1/s1. The molecule has 45 heavy (non-hydrogen) atoms. The third kappa shape index (κ3) is 5.95. The Hall–Kier alpha value is -4.55. The van der Waals surface area contributed by atoms with Crippen molar-refractivity contribution in [3.05, 3.63) is 106 Å².